The first-order chi connectivity index (χ1) is 33.9. The van der Waals surface area contributed by atoms with E-state index in [4.69, 9.17) is 4.74 Å². The molecule has 0 spiro atoms. The number of hydrogen-bond acceptors (Lipinski definition) is 12. The van der Waals surface area contributed by atoms with E-state index in [0.29, 0.717) is 17.6 Å². The summed E-state index contributed by atoms with van der Waals surface area (Å²) < 4.78 is 5.81. The number of carboxylic acid groups (broad SMARTS) is 2. The molecule has 1 heterocycles. The van der Waals surface area contributed by atoms with Gasteiger partial charge in [0.1, 0.15) is 42.0 Å². The number of phenolic OH excluding ortho intramolecular Hbond substituents is 1. The Hall–Kier alpha value is -7.13. The van der Waals surface area contributed by atoms with Gasteiger partial charge in [0.2, 0.25) is 41.4 Å². The maximum absolute atomic E-state index is 14.5. The molecule has 7 amide bonds. The second-order valence-corrected chi connectivity index (χ2v) is 18.6. The number of hydrogen-bond donors (Lipinski definition) is 10. The Bertz CT molecular complexity index is 2270. The van der Waals surface area contributed by atoms with Crippen LogP contribution < -0.4 is 31.9 Å². The molecule has 0 radical (unpaired) electrons. The number of aromatic hydroxyl groups is 1. The van der Waals surface area contributed by atoms with Crippen LogP contribution in [0.3, 0.4) is 0 Å². The third kappa shape index (κ3) is 18.9. The molecule has 2 aromatic carbocycles. The summed E-state index contributed by atoms with van der Waals surface area (Å²) in [6.45, 7) is 8.99. The van der Waals surface area contributed by atoms with Crippen molar-refractivity contribution in [1.29, 1.82) is 0 Å². The topological polar surface area (TPSA) is 319 Å². The van der Waals surface area contributed by atoms with Crippen LogP contribution in [0.15, 0.2) is 78.4 Å². The lowest BCUT2D eigenvalue weighted by atomic mass is 9.94. The molecule has 2 aromatic rings. The van der Waals surface area contributed by atoms with E-state index in [1.54, 1.807) is 34.0 Å². The maximum Gasteiger partial charge on any atom is 0.326 e. The van der Waals surface area contributed by atoms with Crippen LogP contribution in [0.25, 0.3) is 0 Å². The van der Waals surface area contributed by atoms with Gasteiger partial charge >= 0.3 is 11.9 Å². The number of aliphatic carboxylic acids is 2. The Labute approximate surface area is 419 Å². The Balaban J connectivity index is 2.13. The standard InChI is InChI=1S/C51H71N7O14/c1-28(2)22-38-47(65)57-40(51(70)71)26-43(61)53-39(24-34-15-17-35(60)18-16-34)48(66)54-36(19-14-29(3)23-30(4)42(72-8)25-33-12-10-9-11-13-33)31(5)45(63)55-37(50(68)69)20-21-44(62)58(7)41(27-59)49(67)52-32(6)46(64)56-38/h9-19,23,28,30-32,36-42,59-60H,20-22,24-27H2,1-8H3,(H,52,67)(H,53,61)(H,54,66)(H,55,63)(H,56,64)(H,57,65)(H,68,69)(H,70,71)/b19-14+,29-23+/t30-,31-,32+,36-,37+,38-,39-,40+,41-,42-/m0/s1. The molecule has 0 aliphatic carbocycles. The van der Waals surface area contributed by atoms with Crippen LogP contribution in [-0.4, -0.2) is 148 Å². The van der Waals surface area contributed by atoms with E-state index >= 15 is 0 Å². The molecule has 0 bridgehead atoms. The van der Waals surface area contributed by atoms with E-state index in [0.717, 1.165) is 10.5 Å². The molecular weight excluding hydrogens is 935 g/mol. The third-order valence-electron chi connectivity index (χ3n) is 12.2. The predicted molar refractivity (Wildman–Crippen MR) is 263 cm³/mol. The molecule has 21 nitrogen and oxygen atoms in total. The first-order valence-corrected chi connectivity index (χ1v) is 23.8. The van der Waals surface area contributed by atoms with Crippen LogP contribution in [-0.2, 0) is 60.7 Å². The molecule has 3 rings (SSSR count). The average Bonchev–Trinajstić information content (AvgIpc) is 3.32. The van der Waals surface area contributed by atoms with Crippen LogP contribution in [0.4, 0.5) is 0 Å². The number of phenols is 1. The number of benzene rings is 2. The number of likely N-dealkylation sites (N-methyl/N-ethyl adjacent to an activating group) is 1. The average molecular weight is 1010 g/mol. The van der Waals surface area contributed by atoms with Gasteiger partial charge in [-0.3, -0.25) is 33.6 Å². The van der Waals surface area contributed by atoms with Gasteiger partial charge in [-0.1, -0.05) is 94.0 Å². The molecule has 0 unspecified atom stereocenters. The van der Waals surface area contributed by atoms with Crippen LogP contribution in [0, 0.1) is 17.8 Å². The van der Waals surface area contributed by atoms with E-state index in [2.05, 4.69) is 31.9 Å². The highest BCUT2D eigenvalue weighted by molar-refractivity contribution is 5.96. The molecule has 0 saturated carbocycles. The van der Waals surface area contributed by atoms with Gasteiger partial charge in [0.25, 0.3) is 0 Å². The van der Waals surface area contributed by atoms with Crippen molar-refractivity contribution in [3.8, 4) is 5.75 Å². The van der Waals surface area contributed by atoms with E-state index in [9.17, 15) is 63.6 Å². The minimum absolute atomic E-state index is 0.0127. The summed E-state index contributed by atoms with van der Waals surface area (Å²) >= 11 is 0. The largest absolute Gasteiger partial charge is 0.508 e. The Morgan fingerprint density at radius 2 is 1.38 bits per heavy atom. The summed E-state index contributed by atoms with van der Waals surface area (Å²) in [5.74, 6) is -11.2. The zero-order valence-electron chi connectivity index (χ0n) is 42.0. The van der Waals surface area contributed by atoms with Crippen molar-refractivity contribution in [1.82, 2.24) is 36.8 Å². The lowest BCUT2D eigenvalue weighted by Crippen LogP contribution is -2.58. The summed E-state index contributed by atoms with van der Waals surface area (Å²) in [4.78, 5) is 122. The maximum atomic E-state index is 14.5. The Morgan fingerprint density at radius 1 is 0.764 bits per heavy atom. The highest BCUT2D eigenvalue weighted by Crippen LogP contribution is 2.19. The van der Waals surface area contributed by atoms with Crippen molar-refractivity contribution in [2.75, 3.05) is 20.8 Å². The smallest absolute Gasteiger partial charge is 0.326 e. The molecule has 1 aliphatic rings. The van der Waals surface area contributed by atoms with Crippen LogP contribution >= 0.6 is 0 Å². The number of amides is 7. The van der Waals surface area contributed by atoms with Crippen molar-refractivity contribution in [2.45, 2.75) is 128 Å². The Morgan fingerprint density at radius 3 is 1.96 bits per heavy atom. The zero-order valence-corrected chi connectivity index (χ0v) is 42.0. The normalized spacial score (nSPS) is 25.2. The zero-order chi connectivity index (χ0) is 53.8. The predicted octanol–water partition coefficient (Wildman–Crippen LogP) is 1.11. The summed E-state index contributed by atoms with van der Waals surface area (Å²) in [6.07, 6.45) is 3.37. The minimum Gasteiger partial charge on any atom is -0.508 e. The van der Waals surface area contributed by atoms with Gasteiger partial charge in [0, 0.05) is 32.9 Å². The van der Waals surface area contributed by atoms with E-state index in [1.165, 1.54) is 51.2 Å². The number of aliphatic hydroxyl groups is 1. The quantitative estimate of drug-likeness (QED) is 0.119. The number of methoxy groups -OCH3 is 1. The number of carbonyl (C=O) groups is 9. The fourth-order valence-electron chi connectivity index (χ4n) is 7.85. The van der Waals surface area contributed by atoms with Gasteiger partial charge in [-0.2, -0.15) is 0 Å². The molecule has 1 aliphatic heterocycles. The van der Waals surface area contributed by atoms with Crippen LogP contribution in [0.5, 0.6) is 5.75 Å². The van der Waals surface area contributed by atoms with Crippen LogP contribution in [0.2, 0.25) is 0 Å². The molecule has 1 fully saturated rings. The molecule has 72 heavy (non-hydrogen) atoms. The lowest BCUT2D eigenvalue weighted by molar-refractivity contribution is -0.144. The van der Waals surface area contributed by atoms with Gasteiger partial charge in [-0.05, 0) is 62.3 Å². The number of carbonyl (C=O) groups excluding carboxylic acids is 7. The van der Waals surface area contributed by atoms with Gasteiger partial charge in [0.05, 0.1) is 31.1 Å². The van der Waals surface area contributed by atoms with E-state index < -0.39 is 127 Å². The first kappa shape index (κ1) is 59.2. The first-order valence-electron chi connectivity index (χ1n) is 23.8. The highest BCUT2D eigenvalue weighted by Gasteiger charge is 2.35. The van der Waals surface area contributed by atoms with Crippen LogP contribution in [0.1, 0.15) is 78.4 Å². The number of nitrogens with zero attached hydrogens (tertiary/aromatic N) is 1. The summed E-state index contributed by atoms with van der Waals surface area (Å²) in [5.41, 5.74) is 2.20. The molecule has 1 saturated heterocycles. The van der Waals surface area contributed by atoms with Crippen molar-refractivity contribution < 1.29 is 68.3 Å². The molecule has 10 atom stereocenters. The Kier molecular flexibility index (Phi) is 23.5. The summed E-state index contributed by atoms with van der Waals surface area (Å²) in [6, 6.07) is 4.92. The lowest BCUT2D eigenvalue weighted by Gasteiger charge is -2.28. The molecule has 21 heteroatoms. The fourth-order valence-corrected chi connectivity index (χ4v) is 7.85. The molecule has 10 N–H and O–H groups in total. The summed E-state index contributed by atoms with van der Waals surface area (Å²) in [5, 5.41) is 55.4. The van der Waals surface area contributed by atoms with E-state index in [-0.39, 0.29) is 36.5 Å². The molecule has 0 aromatic heterocycles. The number of allylic oxidation sites excluding steroid dienone is 2. The number of nitrogens with one attached hydrogen (secondary N) is 6. The SMILES string of the molecule is CO[C@@H](Cc1ccccc1)[C@@H](C)/C=C(C)/C=C/[C@@H]1NC(=O)[C@H](Cc2ccc(O)cc2)NC(=O)C[C@H](C(=O)O)NC(=O)[C@H](CC(C)C)NC(=O)[C@@H](C)NC(=O)[C@H](CO)N(C)C(=O)CC[C@H](C(=O)O)NC(=O)[C@H]1C. The van der Waals surface area contributed by atoms with Gasteiger partial charge in [0.15, 0.2) is 0 Å². The second kappa shape index (κ2) is 28.7. The van der Waals surface area contributed by atoms with Gasteiger partial charge < -0.3 is 62.0 Å². The molecule has 394 valence electrons. The highest BCUT2D eigenvalue weighted by atomic mass is 16.5. The summed E-state index contributed by atoms with van der Waals surface area (Å²) in [7, 11) is 2.79. The fraction of sp³-hybridized carbons (Fsp3) is 0.510. The van der Waals surface area contributed by atoms with Crippen molar-refractivity contribution in [3.63, 3.8) is 0 Å². The number of carboxylic acids is 2. The van der Waals surface area contributed by atoms with Crippen molar-refractivity contribution in [2.24, 2.45) is 17.8 Å². The number of rotatable bonds is 14. The second-order valence-electron chi connectivity index (χ2n) is 18.6. The monoisotopic (exact) mass is 1010 g/mol. The van der Waals surface area contributed by atoms with Crippen molar-refractivity contribution >= 4 is 53.3 Å². The molecular formula is C51H71N7O14. The minimum atomic E-state index is -1.88. The van der Waals surface area contributed by atoms with E-state index in [1.807, 2.05) is 43.3 Å². The number of aliphatic hydroxyl groups excluding tert-OH is 1. The third-order valence-corrected chi connectivity index (χ3v) is 12.2. The number of ether oxygens (including phenoxy) is 1. The van der Waals surface area contributed by atoms with Gasteiger partial charge in [-0.25, -0.2) is 9.59 Å². The van der Waals surface area contributed by atoms with Crippen molar-refractivity contribution in [3.05, 3.63) is 89.5 Å². The van der Waals surface area contributed by atoms with Gasteiger partial charge in [-0.15, -0.1) is 0 Å².